The molecule has 1 fully saturated rings. The van der Waals surface area contributed by atoms with Gasteiger partial charge in [0.2, 0.25) is 21.8 Å². The average Bonchev–Trinajstić information content (AvgIpc) is 2.67. The number of nitrogens with one attached hydrogen (secondary N) is 1. The molecule has 1 aliphatic heterocycles. The molecule has 1 saturated heterocycles. The number of rotatable bonds is 8. The number of piperazine rings is 1. The molecular formula is C19H30N4O4S. The summed E-state index contributed by atoms with van der Waals surface area (Å²) >= 11 is 0. The van der Waals surface area contributed by atoms with E-state index in [9.17, 15) is 18.0 Å². The summed E-state index contributed by atoms with van der Waals surface area (Å²) in [6, 6.07) is 6.82. The Morgan fingerprint density at radius 3 is 2.29 bits per heavy atom. The molecule has 2 rings (SSSR count). The lowest BCUT2D eigenvalue weighted by atomic mass is 10.2. The van der Waals surface area contributed by atoms with Crippen LogP contribution in [0.4, 0.5) is 0 Å². The molecule has 156 valence electrons. The summed E-state index contributed by atoms with van der Waals surface area (Å²) in [5.41, 5.74) is 1.01. The summed E-state index contributed by atoms with van der Waals surface area (Å²) in [7, 11) is -1.91. The first kappa shape index (κ1) is 22.3. The number of hydrogen-bond donors (Lipinski definition) is 1. The van der Waals surface area contributed by atoms with Gasteiger partial charge in [-0.15, -0.1) is 0 Å². The van der Waals surface area contributed by atoms with E-state index in [1.165, 1.54) is 9.21 Å². The van der Waals surface area contributed by atoms with E-state index in [2.05, 4.69) is 5.32 Å². The van der Waals surface area contributed by atoms with Gasteiger partial charge in [-0.1, -0.05) is 24.6 Å². The number of carbonyl (C=O) groups is 2. The van der Waals surface area contributed by atoms with Crippen molar-refractivity contribution in [2.45, 2.75) is 25.2 Å². The van der Waals surface area contributed by atoms with Crippen molar-refractivity contribution in [2.24, 2.45) is 0 Å². The Balaban J connectivity index is 1.84. The van der Waals surface area contributed by atoms with E-state index in [0.29, 0.717) is 37.6 Å². The second kappa shape index (κ2) is 9.99. The molecule has 1 heterocycles. The number of benzene rings is 1. The van der Waals surface area contributed by atoms with Gasteiger partial charge in [0.15, 0.2) is 0 Å². The van der Waals surface area contributed by atoms with Gasteiger partial charge in [-0.25, -0.2) is 8.42 Å². The Bertz CT molecular complexity index is 772. The lowest BCUT2D eigenvalue weighted by molar-refractivity contribution is -0.135. The van der Waals surface area contributed by atoms with E-state index in [0.717, 1.165) is 12.0 Å². The second-order valence-corrected chi connectivity index (χ2v) is 9.03. The molecule has 0 aromatic heterocycles. The van der Waals surface area contributed by atoms with Crippen LogP contribution in [0.1, 0.15) is 18.9 Å². The first-order chi connectivity index (χ1) is 13.2. The third kappa shape index (κ3) is 6.02. The normalized spacial score (nSPS) is 16.0. The van der Waals surface area contributed by atoms with Crippen LogP contribution in [0.2, 0.25) is 0 Å². The quantitative estimate of drug-likeness (QED) is 0.665. The van der Waals surface area contributed by atoms with Crippen molar-refractivity contribution >= 4 is 21.8 Å². The number of amides is 2. The van der Waals surface area contributed by atoms with Crippen LogP contribution in [0.5, 0.6) is 0 Å². The van der Waals surface area contributed by atoms with Gasteiger partial charge in [-0.05, 0) is 25.5 Å². The monoisotopic (exact) mass is 410 g/mol. The van der Waals surface area contributed by atoms with Crippen molar-refractivity contribution < 1.29 is 18.0 Å². The average molecular weight is 411 g/mol. The number of sulfonamides is 1. The van der Waals surface area contributed by atoms with Gasteiger partial charge < -0.3 is 10.2 Å². The van der Waals surface area contributed by atoms with Crippen LogP contribution < -0.4 is 5.32 Å². The third-order valence-electron chi connectivity index (χ3n) is 4.73. The van der Waals surface area contributed by atoms with Crippen molar-refractivity contribution in [1.82, 2.24) is 19.4 Å². The molecular weight excluding hydrogens is 380 g/mol. The molecule has 0 saturated carbocycles. The minimum Gasteiger partial charge on any atom is -0.355 e. The third-order valence-corrected chi connectivity index (χ3v) is 6.64. The lowest BCUT2D eigenvalue weighted by Crippen LogP contribution is -2.51. The highest BCUT2D eigenvalue weighted by atomic mass is 32.2. The van der Waals surface area contributed by atoms with Crippen molar-refractivity contribution in [1.29, 1.82) is 0 Å². The zero-order valence-electron chi connectivity index (χ0n) is 16.8. The largest absolute Gasteiger partial charge is 0.355 e. The Kier molecular flexibility index (Phi) is 7.97. The molecule has 2 amide bonds. The molecule has 28 heavy (non-hydrogen) atoms. The van der Waals surface area contributed by atoms with Crippen LogP contribution in [0, 0.1) is 6.92 Å². The predicted molar refractivity (Wildman–Crippen MR) is 107 cm³/mol. The van der Waals surface area contributed by atoms with Gasteiger partial charge >= 0.3 is 0 Å². The van der Waals surface area contributed by atoms with Gasteiger partial charge in [-0.2, -0.15) is 4.31 Å². The van der Waals surface area contributed by atoms with Crippen molar-refractivity contribution in [2.75, 3.05) is 52.9 Å². The molecule has 9 heteroatoms. The summed E-state index contributed by atoms with van der Waals surface area (Å²) < 4.78 is 26.9. The molecule has 0 radical (unpaired) electrons. The van der Waals surface area contributed by atoms with E-state index in [-0.39, 0.29) is 24.9 Å². The summed E-state index contributed by atoms with van der Waals surface area (Å²) in [5, 5.41) is 2.74. The molecule has 1 aromatic rings. The smallest absolute Gasteiger partial charge is 0.243 e. The Hall–Kier alpha value is -1.97. The van der Waals surface area contributed by atoms with Crippen molar-refractivity contribution in [3.05, 3.63) is 29.8 Å². The van der Waals surface area contributed by atoms with Crippen LogP contribution >= 0.6 is 0 Å². The predicted octanol–water partition coefficient (Wildman–Crippen LogP) is 0.286. The maximum Gasteiger partial charge on any atom is 0.243 e. The van der Waals surface area contributed by atoms with Gasteiger partial charge in [0.1, 0.15) is 0 Å². The number of hydrogen-bond acceptors (Lipinski definition) is 5. The molecule has 0 aliphatic carbocycles. The zero-order chi connectivity index (χ0) is 20.7. The zero-order valence-corrected chi connectivity index (χ0v) is 17.7. The molecule has 0 bridgehead atoms. The topological polar surface area (TPSA) is 90.0 Å². The van der Waals surface area contributed by atoms with Gasteiger partial charge in [0, 0.05) is 39.8 Å². The first-order valence-electron chi connectivity index (χ1n) is 9.54. The van der Waals surface area contributed by atoms with E-state index in [1.807, 2.05) is 18.7 Å². The number of carbonyl (C=O) groups excluding carboxylic acids is 2. The number of nitrogens with zero attached hydrogens (tertiary/aromatic N) is 3. The summed E-state index contributed by atoms with van der Waals surface area (Å²) in [5.74, 6) is -0.326. The van der Waals surface area contributed by atoms with E-state index in [4.69, 9.17) is 0 Å². The van der Waals surface area contributed by atoms with Crippen molar-refractivity contribution in [3.63, 3.8) is 0 Å². The highest BCUT2D eigenvalue weighted by Crippen LogP contribution is 2.18. The lowest BCUT2D eigenvalue weighted by Gasteiger charge is -2.34. The van der Waals surface area contributed by atoms with Crippen LogP contribution in [0.15, 0.2) is 29.2 Å². The fourth-order valence-electron chi connectivity index (χ4n) is 2.92. The van der Waals surface area contributed by atoms with Crippen molar-refractivity contribution in [3.8, 4) is 0 Å². The minimum atomic E-state index is -3.51. The molecule has 1 aliphatic rings. The fraction of sp³-hybridized carbons (Fsp3) is 0.579. The highest BCUT2D eigenvalue weighted by Gasteiger charge is 2.29. The molecule has 0 spiro atoms. The Morgan fingerprint density at radius 2 is 1.71 bits per heavy atom. The first-order valence-corrected chi connectivity index (χ1v) is 11.0. The van der Waals surface area contributed by atoms with Gasteiger partial charge in [0.25, 0.3) is 0 Å². The molecule has 0 unspecified atom stereocenters. The second-order valence-electron chi connectivity index (χ2n) is 7.09. The van der Waals surface area contributed by atoms with Gasteiger partial charge in [0.05, 0.1) is 18.0 Å². The molecule has 1 aromatic carbocycles. The molecule has 1 N–H and O–H groups in total. The van der Waals surface area contributed by atoms with Crippen LogP contribution in [-0.2, 0) is 19.6 Å². The van der Waals surface area contributed by atoms with E-state index < -0.39 is 10.0 Å². The van der Waals surface area contributed by atoms with Crippen LogP contribution in [-0.4, -0.2) is 87.2 Å². The number of likely N-dealkylation sites (N-methyl/N-ethyl adjacent to an activating group) is 1. The van der Waals surface area contributed by atoms with E-state index in [1.54, 1.807) is 31.3 Å². The van der Waals surface area contributed by atoms with Crippen LogP contribution in [0.25, 0.3) is 0 Å². The number of aryl methyl sites for hydroxylation is 1. The maximum atomic E-state index is 12.7. The Morgan fingerprint density at radius 1 is 1.11 bits per heavy atom. The van der Waals surface area contributed by atoms with E-state index >= 15 is 0 Å². The summed E-state index contributed by atoms with van der Waals surface area (Å²) in [4.78, 5) is 27.7. The highest BCUT2D eigenvalue weighted by molar-refractivity contribution is 7.89. The fourth-order valence-corrected chi connectivity index (χ4v) is 4.35. The molecule has 0 atom stereocenters. The van der Waals surface area contributed by atoms with Crippen LogP contribution in [0.3, 0.4) is 0 Å². The minimum absolute atomic E-state index is 0.0284. The maximum absolute atomic E-state index is 12.7. The SMILES string of the molecule is CCCNC(=O)CN(C)C(=O)CN1CCN(S(=O)(=O)c2ccc(C)cc2)CC1. The summed E-state index contributed by atoms with van der Waals surface area (Å²) in [6.07, 6.45) is 0.846. The molecule has 8 nitrogen and oxygen atoms in total. The standard InChI is InChI=1S/C19H30N4O4S/c1-4-9-20-18(24)14-21(3)19(25)15-22-10-12-23(13-11-22)28(26,27)17-7-5-16(2)6-8-17/h5-8H,4,9-15H2,1-3H3,(H,20,24). The summed E-state index contributed by atoms with van der Waals surface area (Å²) in [6.45, 7) is 6.31. The van der Waals surface area contributed by atoms with Gasteiger partial charge in [-0.3, -0.25) is 14.5 Å². The Labute approximate surface area is 167 Å².